The van der Waals surface area contributed by atoms with Crippen LogP contribution in [0.3, 0.4) is 0 Å². The number of hydrogen-bond acceptors (Lipinski definition) is 8. The molecule has 0 saturated carbocycles. The number of ether oxygens (including phenoxy) is 2. The van der Waals surface area contributed by atoms with Crippen LogP contribution < -0.4 is 32.4 Å². The highest BCUT2D eigenvalue weighted by molar-refractivity contribution is 6.05. The molecule has 5 rings (SSSR count). The first-order valence-corrected chi connectivity index (χ1v) is 12.3. The molecular formula is C32H26N4O4. The van der Waals surface area contributed by atoms with Crippen LogP contribution in [0.15, 0.2) is 109 Å². The summed E-state index contributed by atoms with van der Waals surface area (Å²) < 4.78 is 11.5. The molecule has 8 nitrogen and oxygen atoms in total. The molecule has 0 spiro atoms. The van der Waals surface area contributed by atoms with Gasteiger partial charge in [0, 0.05) is 45.0 Å². The van der Waals surface area contributed by atoms with Crippen molar-refractivity contribution in [3.8, 4) is 33.8 Å². The van der Waals surface area contributed by atoms with E-state index in [4.69, 9.17) is 32.4 Å². The number of rotatable bonds is 6. The van der Waals surface area contributed by atoms with Crippen LogP contribution in [0.4, 0.5) is 22.7 Å². The second kappa shape index (κ2) is 10.9. The zero-order chi connectivity index (χ0) is 28.2. The lowest BCUT2D eigenvalue weighted by molar-refractivity contribution is 0.0693. The van der Waals surface area contributed by atoms with E-state index in [9.17, 15) is 9.59 Å². The summed E-state index contributed by atoms with van der Waals surface area (Å²) in [7, 11) is 0. The number of benzene rings is 5. The molecule has 5 aromatic rings. The lowest BCUT2D eigenvalue weighted by Gasteiger charge is -2.16. The van der Waals surface area contributed by atoms with Crippen LogP contribution in [0.2, 0.25) is 0 Å². The molecule has 198 valence electrons. The molecule has 40 heavy (non-hydrogen) atoms. The third kappa shape index (κ3) is 5.01. The van der Waals surface area contributed by atoms with Crippen LogP contribution >= 0.6 is 0 Å². The molecule has 0 aliphatic carbocycles. The first kappa shape index (κ1) is 25.9. The predicted octanol–water partition coefficient (Wildman–Crippen LogP) is 5.79. The molecular weight excluding hydrogens is 504 g/mol. The van der Waals surface area contributed by atoms with Crippen molar-refractivity contribution in [3.05, 3.63) is 120 Å². The molecule has 0 fully saturated rings. The summed E-state index contributed by atoms with van der Waals surface area (Å²) in [5.74, 6) is -1.14. The molecule has 0 unspecified atom stereocenters. The fourth-order valence-electron chi connectivity index (χ4n) is 4.44. The molecule has 0 atom stereocenters. The summed E-state index contributed by atoms with van der Waals surface area (Å²) in [6.45, 7) is 0. The van der Waals surface area contributed by atoms with Gasteiger partial charge in [-0.25, -0.2) is 9.59 Å². The van der Waals surface area contributed by atoms with Crippen LogP contribution in [-0.2, 0) is 0 Å². The van der Waals surface area contributed by atoms with Crippen LogP contribution in [0.1, 0.15) is 20.7 Å². The molecule has 0 radical (unpaired) electrons. The summed E-state index contributed by atoms with van der Waals surface area (Å²) in [6.07, 6.45) is 0. The number of nitrogen functional groups attached to an aromatic ring is 4. The first-order chi connectivity index (χ1) is 19.3. The maximum atomic E-state index is 13.4. The minimum Gasteiger partial charge on any atom is -0.422 e. The Morgan fingerprint density at radius 1 is 0.425 bits per heavy atom. The SMILES string of the molecule is Nc1ccccc1-c1c(N)cccc1OC(=O)c1ccccc1C(=O)Oc1cccc(N)c1-c1ccccc1N. The zero-order valence-electron chi connectivity index (χ0n) is 21.3. The van der Waals surface area contributed by atoms with E-state index in [1.807, 2.05) is 12.1 Å². The maximum Gasteiger partial charge on any atom is 0.344 e. The van der Waals surface area contributed by atoms with E-state index in [0.29, 0.717) is 45.0 Å². The second-order valence-corrected chi connectivity index (χ2v) is 8.94. The van der Waals surface area contributed by atoms with Crippen molar-refractivity contribution < 1.29 is 19.1 Å². The third-order valence-electron chi connectivity index (χ3n) is 6.35. The summed E-state index contributed by atoms with van der Waals surface area (Å²) in [4.78, 5) is 26.8. The van der Waals surface area contributed by atoms with E-state index in [1.165, 1.54) is 12.1 Å². The Hall–Kier alpha value is -5.76. The number of para-hydroxylation sites is 2. The Morgan fingerprint density at radius 3 is 1.18 bits per heavy atom. The standard InChI is InChI=1S/C32H26N4O4/c33-23-13-5-3-11-21(23)29-25(35)15-7-17-27(29)39-31(37)19-9-1-2-10-20(19)32(38)40-28-18-8-16-26(36)30(28)22-12-4-6-14-24(22)34/h1-18H,33-36H2. The van der Waals surface area contributed by atoms with Gasteiger partial charge >= 0.3 is 11.9 Å². The van der Waals surface area contributed by atoms with Crippen molar-refractivity contribution in [2.24, 2.45) is 0 Å². The number of carbonyl (C=O) groups is 2. The van der Waals surface area contributed by atoms with Gasteiger partial charge in [-0.05, 0) is 48.5 Å². The molecule has 0 aliphatic rings. The third-order valence-corrected chi connectivity index (χ3v) is 6.35. The van der Waals surface area contributed by atoms with Gasteiger partial charge in [0.25, 0.3) is 0 Å². The Balaban J connectivity index is 1.48. The van der Waals surface area contributed by atoms with Gasteiger partial charge in [0.15, 0.2) is 0 Å². The highest BCUT2D eigenvalue weighted by Gasteiger charge is 2.24. The number of carbonyl (C=O) groups excluding carboxylic acids is 2. The van der Waals surface area contributed by atoms with Crippen LogP contribution in [-0.4, -0.2) is 11.9 Å². The molecule has 0 aromatic heterocycles. The maximum absolute atomic E-state index is 13.4. The highest BCUT2D eigenvalue weighted by atomic mass is 16.5. The summed E-state index contributed by atoms with van der Waals surface area (Å²) >= 11 is 0. The minimum atomic E-state index is -0.769. The van der Waals surface area contributed by atoms with Gasteiger partial charge in [-0.15, -0.1) is 0 Å². The molecule has 0 amide bonds. The minimum absolute atomic E-state index is 0.00610. The van der Waals surface area contributed by atoms with Crippen molar-refractivity contribution in [2.45, 2.75) is 0 Å². The van der Waals surface area contributed by atoms with E-state index in [1.54, 1.807) is 84.9 Å². The molecule has 0 bridgehead atoms. The number of anilines is 4. The fraction of sp³-hybridized carbons (Fsp3) is 0. The van der Waals surface area contributed by atoms with Gasteiger partial charge in [0.1, 0.15) is 11.5 Å². The zero-order valence-corrected chi connectivity index (χ0v) is 21.3. The van der Waals surface area contributed by atoms with Gasteiger partial charge in [0.2, 0.25) is 0 Å². The number of hydrogen-bond donors (Lipinski definition) is 4. The monoisotopic (exact) mass is 530 g/mol. The lowest BCUT2D eigenvalue weighted by Crippen LogP contribution is -2.18. The smallest absolute Gasteiger partial charge is 0.344 e. The second-order valence-electron chi connectivity index (χ2n) is 8.94. The van der Waals surface area contributed by atoms with E-state index < -0.39 is 11.9 Å². The molecule has 0 heterocycles. The van der Waals surface area contributed by atoms with Crippen molar-refractivity contribution in [1.82, 2.24) is 0 Å². The summed E-state index contributed by atoms with van der Waals surface area (Å²) in [6, 6.07) is 30.4. The van der Waals surface area contributed by atoms with Gasteiger partial charge in [0.05, 0.1) is 11.1 Å². The van der Waals surface area contributed by atoms with E-state index in [0.717, 1.165) is 0 Å². The van der Waals surface area contributed by atoms with Gasteiger partial charge in [-0.3, -0.25) is 0 Å². The van der Waals surface area contributed by atoms with Crippen molar-refractivity contribution in [3.63, 3.8) is 0 Å². The summed E-state index contributed by atoms with van der Waals surface area (Å²) in [5, 5.41) is 0. The van der Waals surface area contributed by atoms with Gasteiger partial charge in [-0.1, -0.05) is 60.7 Å². The number of esters is 2. The fourth-order valence-corrected chi connectivity index (χ4v) is 4.44. The van der Waals surface area contributed by atoms with Gasteiger partial charge < -0.3 is 32.4 Å². The van der Waals surface area contributed by atoms with Gasteiger partial charge in [-0.2, -0.15) is 0 Å². The largest absolute Gasteiger partial charge is 0.422 e. The Morgan fingerprint density at radius 2 is 0.775 bits per heavy atom. The van der Waals surface area contributed by atoms with Crippen molar-refractivity contribution in [2.75, 3.05) is 22.9 Å². The Bertz CT molecular complexity index is 1620. The average Bonchev–Trinajstić information content (AvgIpc) is 2.94. The lowest BCUT2D eigenvalue weighted by atomic mass is 10.0. The quantitative estimate of drug-likeness (QED) is 0.122. The Labute approximate surface area is 230 Å². The predicted molar refractivity (Wildman–Crippen MR) is 158 cm³/mol. The molecule has 5 aromatic carbocycles. The Kier molecular flexibility index (Phi) is 7.07. The van der Waals surface area contributed by atoms with E-state index >= 15 is 0 Å². The van der Waals surface area contributed by atoms with Crippen LogP contribution in [0.5, 0.6) is 11.5 Å². The van der Waals surface area contributed by atoms with Crippen molar-refractivity contribution in [1.29, 1.82) is 0 Å². The summed E-state index contributed by atoms with van der Waals surface area (Å²) in [5.41, 5.74) is 28.7. The molecule has 0 aliphatic heterocycles. The normalized spacial score (nSPS) is 10.6. The highest BCUT2D eigenvalue weighted by Crippen LogP contribution is 2.40. The van der Waals surface area contributed by atoms with Crippen molar-refractivity contribution >= 4 is 34.7 Å². The van der Waals surface area contributed by atoms with Crippen LogP contribution in [0.25, 0.3) is 22.3 Å². The molecule has 8 N–H and O–H groups in total. The average molecular weight is 531 g/mol. The van der Waals surface area contributed by atoms with Crippen LogP contribution in [0, 0.1) is 0 Å². The topological polar surface area (TPSA) is 157 Å². The first-order valence-electron chi connectivity index (χ1n) is 12.3. The molecule has 8 heteroatoms. The van der Waals surface area contributed by atoms with E-state index in [-0.39, 0.29) is 22.6 Å². The molecule has 0 saturated heterocycles. The number of nitrogens with two attached hydrogens (primary N) is 4. The van der Waals surface area contributed by atoms with E-state index in [2.05, 4.69) is 0 Å².